The van der Waals surface area contributed by atoms with Gasteiger partial charge in [0.25, 0.3) is 0 Å². The van der Waals surface area contributed by atoms with Crippen LogP contribution in [0.15, 0.2) is 24.3 Å². The summed E-state index contributed by atoms with van der Waals surface area (Å²) in [5.41, 5.74) is 6.46. The number of nitrogens with two attached hydrogens (primary N) is 1. The Morgan fingerprint density at radius 3 is 2.79 bits per heavy atom. The first-order chi connectivity index (χ1) is 6.61. The molecule has 76 valence electrons. The van der Waals surface area contributed by atoms with Gasteiger partial charge in [-0.2, -0.15) is 0 Å². The van der Waals surface area contributed by atoms with Crippen LogP contribution < -0.4 is 5.73 Å². The van der Waals surface area contributed by atoms with Gasteiger partial charge in [-0.05, 0) is 18.6 Å². The molecule has 0 saturated carbocycles. The summed E-state index contributed by atoms with van der Waals surface area (Å²) in [6, 6.07) is 7.73. The Morgan fingerprint density at radius 1 is 1.57 bits per heavy atom. The number of nitrogens with one attached hydrogen (secondary N) is 1. The first kappa shape index (κ1) is 11.4. The van der Waals surface area contributed by atoms with Crippen LogP contribution >= 0.6 is 23.4 Å². The average molecular weight is 229 g/mol. The van der Waals surface area contributed by atoms with E-state index in [1.807, 2.05) is 31.2 Å². The van der Waals surface area contributed by atoms with Crippen molar-refractivity contribution < 1.29 is 0 Å². The van der Waals surface area contributed by atoms with Gasteiger partial charge in [-0.1, -0.05) is 29.8 Å². The van der Waals surface area contributed by atoms with E-state index < -0.39 is 0 Å². The van der Waals surface area contributed by atoms with Gasteiger partial charge in [0.2, 0.25) is 0 Å². The molecule has 0 aromatic heterocycles. The summed E-state index contributed by atoms with van der Waals surface area (Å²) in [5, 5.41) is 8.07. The lowest BCUT2D eigenvalue weighted by Gasteiger charge is -2.09. The van der Waals surface area contributed by atoms with Crippen molar-refractivity contribution in [3.05, 3.63) is 34.9 Å². The highest BCUT2D eigenvalue weighted by Crippen LogP contribution is 2.23. The van der Waals surface area contributed by atoms with Crippen molar-refractivity contribution in [2.45, 2.75) is 17.9 Å². The van der Waals surface area contributed by atoms with Crippen LogP contribution in [0.5, 0.6) is 0 Å². The quantitative estimate of drug-likeness (QED) is 0.615. The maximum absolute atomic E-state index is 7.24. The number of hydrogen-bond donors (Lipinski definition) is 2. The molecule has 0 aliphatic rings. The zero-order chi connectivity index (χ0) is 10.6. The fraction of sp³-hybridized carbons (Fsp3) is 0.300. The Labute approximate surface area is 93.3 Å². The predicted molar refractivity (Wildman–Crippen MR) is 64.1 cm³/mol. The molecule has 0 fully saturated rings. The number of benzene rings is 1. The van der Waals surface area contributed by atoms with Crippen LogP contribution in [0, 0.1) is 5.41 Å². The number of halogens is 1. The summed E-state index contributed by atoms with van der Waals surface area (Å²) < 4.78 is 0. The first-order valence-electron chi connectivity index (χ1n) is 4.30. The molecule has 0 amide bonds. The molecule has 0 aliphatic heterocycles. The molecular formula is C10H13ClN2S. The van der Waals surface area contributed by atoms with Crippen molar-refractivity contribution in [3.63, 3.8) is 0 Å². The molecule has 4 heteroatoms. The third kappa shape index (κ3) is 3.24. The zero-order valence-corrected chi connectivity index (χ0v) is 9.53. The molecule has 1 atom stereocenters. The molecule has 0 bridgehead atoms. The van der Waals surface area contributed by atoms with Crippen LogP contribution in [-0.2, 0) is 5.75 Å². The lowest BCUT2D eigenvalue weighted by molar-refractivity contribution is 1.22. The molecule has 14 heavy (non-hydrogen) atoms. The molecule has 0 heterocycles. The van der Waals surface area contributed by atoms with E-state index in [0.717, 1.165) is 16.3 Å². The standard InChI is InChI=1S/C10H13ClN2S/c1-7(10(12)13)14-6-8-4-2-3-5-9(8)11/h2-5,7H,6H2,1H3,(H3,12,13). The Hall–Kier alpha value is -0.670. The number of rotatable bonds is 4. The highest BCUT2D eigenvalue weighted by Gasteiger charge is 2.06. The second-order valence-corrected chi connectivity index (χ2v) is 4.74. The van der Waals surface area contributed by atoms with Crippen molar-refractivity contribution in [2.75, 3.05) is 0 Å². The van der Waals surface area contributed by atoms with Crippen LogP contribution in [0.2, 0.25) is 5.02 Å². The number of amidine groups is 1. The minimum absolute atomic E-state index is 0.0475. The minimum atomic E-state index is 0.0475. The number of thioether (sulfide) groups is 1. The zero-order valence-electron chi connectivity index (χ0n) is 7.96. The lowest BCUT2D eigenvalue weighted by Crippen LogP contribution is -2.21. The molecule has 1 aromatic rings. The van der Waals surface area contributed by atoms with Gasteiger partial charge in [-0.15, -0.1) is 11.8 Å². The van der Waals surface area contributed by atoms with Gasteiger partial charge >= 0.3 is 0 Å². The van der Waals surface area contributed by atoms with Gasteiger partial charge in [-0.25, -0.2) is 0 Å². The largest absolute Gasteiger partial charge is 0.387 e. The van der Waals surface area contributed by atoms with Crippen LogP contribution in [0.1, 0.15) is 12.5 Å². The van der Waals surface area contributed by atoms with Gasteiger partial charge in [0, 0.05) is 10.8 Å². The van der Waals surface area contributed by atoms with Crippen molar-refractivity contribution in [3.8, 4) is 0 Å². The minimum Gasteiger partial charge on any atom is -0.387 e. The van der Waals surface area contributed by atoms with E-state index in [9.17, 15) is 0 Å². The molecule has 1 aromatic carbocycles. The summed E-state index contributed by atoms with van der Waals surface area (Å²) in [6.45, 7) is 1.92. The fourth-order valence-corrected chi connectivity index (χ4v) is 2.06. The molecule has 2 nitrogen and oxygen atoms in total. The molecule has 1 unspecified atom stereocenters. The van der Waals surface area contributed by atoms with E-state index in [1.165, 1.54) is 0 Å². The summed E-state index contributed by atoms with van der Waals surface area (Å²) in [4.78, 5) is 0. The molecule has 0 spiro atoms. The Morgan fingerprint density at radius 2 is 2.21 bits per heavy atom. The van der Waals surface area contributed by atoms with E-state index in [2.05, 4.69) is 0 Å². The predicted octanol–water partition coefficient (Wildman–Crippen LogP) is 2.90. The van der Waals surface area contributed by atoms with E-state index in [1.54, 1.807) is 11.8 Å². The van der Waals surface area contributed by atoms with Crippen molar-refractivity contribution in [1.29, 1.82) is 5.41 Å². The van der Waals surface area contributed by atoms with E-state index in [4.69, 9.17) is 22.7 Å². The average Bonchev–Trinajstić information content (AvgIpc) is 2.16. The molecule has 0 radical (unpaired) electrons. The van der Waals surface area contributed by atoms with E-state index >= 15 is 0 Å². The molecular weight excluding hydrogens is 216 g/mol. The highest BCUT2D eigenvalue weighted by molar-refractivity contribution is 7.99. The number of hydrogen-bond acceptors (Lipinski definition) is 2. The molecule has 0 aliphatic carbocycles. The molecule has 3 N–H and O–H groups in total. The summed E-state index contributed by atoms with van der Waals surface area (Å²) >= 11 is 7.61. The second-order valence-electron chi connectivity index (χ2n) is 3.00. The third-order valence-electron chi connectivity index (χ3n) is 1.88. The Balaban J connectivity index is 2.54. The molecule has 1 rings (SSSR count). The normalized spacial score (nSPS) is 12.4. The topological polar surface area (TPSA) is 49.9 Å². The van der Waals surface area contributed by atoms with Gasteiger partial charge in [0.1, 0.15) is 5.84 Å². The van der Waals surface area contributed by atoms with Crippen LogP contribution in [0.4, 0.5) is 0 Å². The Kier molecular flexibility index (Phi) is 4.29. The third-order valence-corrected chi connectivity index (χ3v) is 3.48. The fourth-order valence-electron chi connectivity index (χ4n) is 0.920. The van der Waals surface area contributed by atoms with Gasteiger partial charge in [0.05, 0.1) is 5.25 Å². The Bertz CT molecular complexity index is 328. The van der Waals surface area contributed by atoms with Gasteiger partial charge in [-0.3, -0.25) is 5.41 Å². The van der Waals surface area contributed by atoms with E-state index in [-0.39, 0.29) is 11.1 Å². The van der Waals surface area contributed by atoms with Crippen LogP contribution in [-0.4, -0.2) is 11.1 Å². The second kappa shape index (κ2) is 5.27. The lowest BCUT2D eigenvalue weighted by atomic mass is 10.2. The smallest absolute Gasteiger partial charge is 0.104 e. The maximum atomic E-state index is 7.24. The van der Waals surface area contributed by atoms with Crippen LogP contribution in [0.25, 0.3) is 0 Å². The maximum Gasteiger partial charge on any atom is 0.104 e. The summed E-state index contributed by atoms with van der Waals surface area (Å²) in [7, 11) is 0. The van der Waals surface area contributed by atoms with Crippen molar-refractivity contribution in [2.24, 2.45) is 5.73 Å². The summed E-state index contributed by atoms with van der Waals surface area (Å²) in [6.07, 6.45) is 0. The monoisotopic (exact) mass is 228 g/mol. The first-order valence-corrected chi connectivity index (χ1v) is 5.73. The van der Waals surface area contributed by atoms with Gasteiger partial charge in [0.15, 0.2) is 0 Å². The highest BCUT2D eigenvalue weighted by atomic mass is 35.5. The van der Waals surface area contributed by atoms with Gasteiger partial charge < -0.3 is 5.73 Å². The molecule has 0 saturated heterocycles. The van der Waals surface area contributed by atoms with Crippen LogP contribution in [0.3, 0.4) is 0 Å². The summed E-state index contributed by atoms with van der Waals surface area (Å²) in [5.74, 6) is 1.00. The van der Waals surface area contributed by atoms with E-state index in [0.29, 0.717) is 0 Å². The van der Waals surface area contributed by atoms with Crippen molar-refractivity contribution >= 4 is 29.2 Å². The van der Waals surface area contributed by atoms with Crippen molar-refractivity contribution in [1.82, 2.24) is 0 Å². The SMILES string of the molecule is CC(SCc1ccccc1Cl)C(=N)N.